The van der Waals surface area contributed by atoms with E-state index in [1.54, 1.807) is 0 Å². The molecule has 0 bridgehead atoms. The average molecular weight is 243 g/mol. The van der Waals surface area contributed by atoms with E-state index in [0.717, 1.165) is 12.8 Å². The molecule has 1 saturated carbocycles. The Morgan fingerprint density at radius 2 is 2.00 bits per heavy atom. The Morgan fingerprint density at radius 1 is 1.35 bits per heavy atom. The highest BCUT2D eigenvalue weighted by Gasteiger charge is 2.23. The molecule has 2 amide bonds. The monoisotopic (exact) mass is 243 g/mol. The van der Waals surface area contributed by atoms with Crippen molar-refractivity contribution in [1.82, 2.24) is 10.6 Å². The van der Waals surface area contributed by atoms with Crippen molar-refractivity contribution in [1.29, 1.82) is 0 Å². The number of primary amides is 1. The summed E-state index contributed by atoms with van der Waals surface area (Å²) < 4.78 is 0. The Bertz CT molecular complexity index is 315. The van der Waals surface area contributed by atoms with Gasteiger partial charge in [-0.2, -0.15) is 0 Å². The smallest absolute Gasteiger partial charge is 0.326 e. The van der Waals surface area contributed by atoms with Gasteiger partial charge in [0.15, 0.2) is 0 Å². The fraction of sp³-hybridized carbons (Fsp3) is 0.700. The zero-order valence-electron chi connectivity index (χ0n) is 9.44. The van der Waals surface area contributed by atoms with E-state index in [4.69, 9.17) is 10.8 Å². The molecular formula is C10H17N3O4. The Morgan fingerprint density at radius 3 is 2.47 bits per heavy atom. The molecule has 0 spiro atoms. The molecule has 0 aromatic heterocycles. The van der Waals surface area contributed by atoms with Gasteiger partial charge in [-0.3, -0.25) is 9.59 Å². The van der Waals surface area contributed by atoms with Gasteiger partial charge >= 0.3 is 5.97 Å². The molecule has 0 aromatic rings. The number of aliphatic carboxylic acids is 1. The molecule has 7 heteroatoms. The Labute approximate surface area is 98.7 Å². The summed E-state index contributed by atoms with van der Waals surface area (Å²) in [5, 5.41) is 14.2. The minimum atomic E-state index is -1.26. The predicted molar refractivity (Wildman–Crippen MR) is 59.0 cm³/mol. The molecule has 1 aliphatic carbocycles. The summed E-state index contributed by atoms with van der Waals surface area (Å²) in [4.78, 5) is 32.7. The average Bonchev–Trinajstić information content (AvgIpc) is 2.99. The highest BCUT2D eigenvalue weighted by Crippen LogP contribution is 2.18. The number of amides is 2. The molecular weight excluding hydrogens is 226 g/mol. The number of carbonyl (C=O) groups excluding carboxylic acids is 2. The van der Waals surface area contributed by atoms with Gasteiger partial charge in [0, 0.05) is 19.0 Å². The summed E-state index contributed by atoms with van der Waals surface area (Å²) in [6.45, 7) is 0.513. The standard InChI is InChI=1S/C10H17N3O4/c11-8(14)5-7(10(16)17)13-9(15)3-4-12-6-1-2-6/h6-7,12H,1-5H2,(H2,11,14)(H,13,15)(H,16,17). The second kappa shape index (κ2) is 6.19. The van der Waals surface area contributed by atoms with E-state index in [0.29, 0.717) is 12.6 Å². The van der Waals surface area contributed by atoms with Crippen molar-refractivity contribution < 1.29 is 19.5 Å². The lowest BCUT2D eigenvalue weighted by Gasteiger charge is -2.12. The lowest BCUT2D eigenvalue weighted by atomic mass is 10.2. The number of carboxylic acids is 1. The number of carbonyl (C=O) groups is 3. The van der Waals surface area contributed by atoms with Gasteiger partial charge in [-0.15, -0.1) is 0 Å². The summed E-state index contributed by atoms with van der Waals surface area (Å²) in [7, 11) is 0. The zero-order valence-corrected chi connectivity index (χ0v) is 9.44. The molecule has 0 aromatic carbocycles. The minimum absolute atomic E-state index is 0.193. The van der Waals surface area contributed by atoms with Crippen LogP contribution in [0.15, 0.2) is 0 Å². The van der Waals surface area contributed by atoms with E-state index >= 15 is 0 Å². The van der Waals surface area contributed by atoms with Crippen molar-refractivity contribution in [3.63, 3.8) is 0 Å². The van der Waals surface area contributed by atoms with Gasteiger partial charge in [-0.1, -0.05) is 0 Å². The number of nitrogens with two attached hydrogens (primary N) is 1. The number of nitrogens with one attached hydrogen (secondary N) is 2. The van der Waals surface area contributed by atoms with Crippen molar-refractivity contribution in [3.05, 3.63) is 0 Å². The fourth-order valence-corrected chi connectivity index (χ4v) is 1.35. The maximum absolute atomic E-state index is 11.4. The highest BCUT2D eigenvalue weighted by molar-refractivity contribution is 5.88. The van der Waals surface area contributed by atoms with E-state index in [2.05, 4.69) is 10.6 Å². The summed E-state index contributed by atoms with van der Waals surface area (Å²) >= 11 is 0. The first-order chi connectivity index (χ1) is 7.99. The van der Waals surface area contributed by atoms with Gasteiger partial charge in [0.25, 0.3) is 0 Å². The van der Waals surface area contributed by atoms with Crippen LogP contribution in [0.3, 0.4) is 0 Å². The van der Waals surface area contributed by atoms with Crippen LogP contribution in [-0.4, -0.2) is 41.5 Å². The Balaban J connectivity index is 2.24. The van der Waals surface area contributed by atoms with Crippen molar-refractivity contribution in [3.8, 4) is 0 Å². The van der Waals surface area contributed by atoms with Crippen LogP contribution in [0, 0.1) is 0 Å². The second-order valence-electron chi connectivity index (χ2n) is 4.11. The van der Waals surface area contributed by atoms with Crippen LogP contribution < -0.4 is 16.4 Å². The molecule has 0 saturated heterocycles. The number of carboxylic acid groups (broad SMARTS) is 1. The quantitative estimate of drug-likeness (QED) is 0.416. The van der Waals surface area contributed by atoms with E-state index in [1.165, 1.54) is 0 Å². The lowest BCUT2D eigenvalue weighted by Crippen LogP contribution is -2.44. The summed E-state index contributed by atoms with van der Waals surface area (Å²) in [5.74, 6) is -2.41. The molecule has 1 unspecified atom stereocenters. The summed E-state index contributed by atoms with van der Waals surface area (Å²) in [6, 6.07) is -0.732. The second-order valence-corrected chi connectivity index (χ2v) is 4.11. The van der Waals surface area contributed by atoms with Gasteiger partial charge in [-0.05, 0) is 12.8 Å². The van der Waals surface area contributed by atoms with Gasteiger partial charge < -0.3 is 21.5 Å². The summed E-state index contributed by atoms with van der Waals surface area (Å²) in [6.07, 6.45) is 2.05. The molecule has 17 heavy (non-hydrogen) atoms. The van der Waals surface area contributed by atoms with Gasteiger partial charge in [0.05, 0.1) is 6.42 Å². The van der Waals surface area contributed by atoms with Crippen molar-refractivity contribution in [2.24, 2.45) is 5.73 Å². The molecule has 1 fully saturated rings. The molecule has 7 nitrogen and oxygen atoms in total. The Kier molecular flexibility index (Phi) is 4.89. The van der Waals surface area contributed by atoms with E-state index < -0.39 is 30.2 Å². The van der Waals surface area contributed by atoms with Crippen LogP contribution in [0.4, 0.5) is 0 Å². The number of hydrogen-bond donors (Lipinski definition) is 4. The first-order valence-electron chi connectivity index (χ1n) is 5.53. The third-order valence-electron chi connectivity index (χ3n) is 2.40. The van der Waals surface area contributed by atoms with Crippen LogP contribution in [0.25, 0.3) is 0 Å². The molecule has 0 aliphatic heterocycles. The van der Waals surface area contributed by atoms with Gasteiger partial charge in [-0.25, -0.2) is 4.79 Å². The van der Waals surface area contributed by atoms with E-state index in [9.17, 15) is 14.4 Å². The molecule has 0 heterocycles. The first-order valence-corrected chi connectivity index (χ1v) is 5.53. The SMILES string of the molecule is NC(=O)CC(NC(=O)CCNC1CC1)C(=O)O. The molecule has 1 rings (SSSR count). The first kappa shape index (κ1) is 13.4. The molecule has 96 valence electrons. The lowest BCUT2D eigenvalue weighted by molar-refractivity contribution is -0.143. The van der Waals surface area contributed by atoms with Crippen LogP contribution in [0.1, 0.15) is 25.7 Å². The van der Waals surface area contributed by atoms with E-state index in [1.807, 2.05) is 0 Å². The van der Waals surface area contributed by atoms with Crippen LogP contribution in [0.5, 0.6) is 0 Å². The normalized spacial score (nSPS) is 16.2. The van der Waals surface area contributed by atoms with E-state index in [-0.39, 0.29) is 6.42 Å². The van der Waals surface area contributed by atoms with Crippen LogP contribution in [0.2, 0.25) is 0 Å². The predicted octanol–water partition coefficient (Wildman–Crippen LogP) is -1.43. The third kappa shape index (κ3) is 5.86. The van der Waals surface area contributed by atoms with Crippen LogP contribution >= 0.6 is 0 Å². The molecule has 1 atom stereocenters. The van der Waals surface area contributed by atoms with Crippen molar-refractivity contribution in [2.45, 2.75) is 37.8 Å². The molecule has 1 aliphatic rings. The largest absolute Gasteiger partial charge is 0.480 e. The van der Waals surface area contributed by atoms with Crippen molar-refractivity contribution >= 4 is 17.8 Å². The van der Waals surface area contributed by atoms with Gasteiger partial charge in [0.2, 0.25) is 11.8 Å². The number of hydrogen-bond acceptors (Lipinski definition) is 4. The third-order valence-corrected chi connectivity index (χ3v) is 2.40. The van der Waals surface area contributed by atoms with Crippen molar-refractivity contribution in [2.75, 3.05) is 6.54 Å². The minimum Gasteiger partial charge on any atom is -0.480 e. The van der Waals surface area contributed by atoms with Gasteiger partial charge in [0.1, 0.15) is 6.04 Å². The molecule has 5 N–H and O–H groups in total. The fourth-order valence-electron chi connectivity index (χ4n) is 1.35. The maximum atomic E-state index is 11.4. The molecule has 0 radical (unpaired) electrons. The maximum Gasteiger partial charge on any atom is 0.326 e. The number of rotatable bonds is 8. The zero-order chi connectivity index (χ0) is 12.8. The highest BCUT2D eigenvalue weighted by atomic mass is 16.4. The Hall–Kier alpha value is -1.63. The summed E-state index contributed by atoms with van der Waals surface area (Å²) in [5.41, 5.74) is 4.89. The topological polar surface area (TPSA) is 122 Å². The van der Waals surface area contributed by atoms with Crippen LogP contribution in [-0.2, 0) is 14.4 Å².